The lowest BCUT2D eigenvalue weighted by atomic mass is 10.1. The maximum absolute atomic E-state index is 11.4. The van der Waals surface area contributed by atoms with Crippen molar-refractivity contribution in [3.05, 3.63) is 0 Å². The molecule has 0 aliphatic heterocycles. The Morgan fingerprint density at radius 2 is 1.57 bits per heavy atom. The second-order valence-corrected chi connectivity index (χ2v) is 4.41. The Labute approximate surface area is 120 Å². The Bertz CT molecular complexity index is 355. The molecule has 21 heavy (non-hydrogen) atoms. The minimum absolute atomic E-state index is 0.0710. The Morgan fingerprint density at radius 3 is 2.10 bits per heavy atom. The zero-order valence-electron chi connectivity index (χ0n) is 11.3. The molecule has 0 unspecified atom stereocenters. The predicted molar refractivity (Wildman–Crippen MR) is 67.2 cm³/mol. The Hall–Kier alpha value is -1.55. The van der Waals surface area contributed by atoms with Gasteiger partial charge in [0.25, 0.3) is 0 Å². The number of aliphatic carboxylic acids is 1. The average Bonchev–Trinajstić information content (AvgIpc) is 2.46. The highest BCUT2D eigenvalue weighted by Gasteiger charge is 2.30. The van der Waals surface area contributed by atoms with Crippen LogP contribution in [0.3, 0.4) is 0 Å². The molecule has 0 aliphatic carbocycles. The molecule has 0 heterocycles. The fraction of sp³-hybridized carbons (Fsp3) is 0.750. The van der Waals surface area contributed by atoms with Crippen molar-refractivity contribution in [2.24, 2.45) is 0 Å². The van der Waals surface area contributed by atoms with Crippen LogP contribution in [0.5, 0.6) is 0 Å². The van der Waals surface area contributed by atoms with Gasteiger partial charge >= 0.3 is 11.9 Å². The molecule has 0 rings (SSSR count). The molecular weight excluding hydrogens is 288 g/mol. The molecule has 9 nitrogen and oxygen atoms in total. The number of carboxylic acids is 1. The van der Waals surface area contributed by atoms with Gasteiger partial charge in [0.05, 0.1) is 6.61 Å². The van der Waals surface area contributed by atoms with Crippen LogP contribution in [-0.2, 0) is 19.1 Å². The number of hydrogen-bond donors (Lipinski definition) is 5. The number of esters is 1. The number of aliphatic hydroxyl groups excluding tert-OH is 4. The summed E-state index contributed by atoms with van der Waals surface area (Å²) in [6.07, 6.45) is -5.11. The summed E-state index contributed by atoms with van der Waals surface area (Å²) in [5.74, 6) is -2.73. The van der Waals surface area contributed by atoms with Crippen LogP contribution in [0.25, 0.3) is 0 Å². The summed E-state index contributed by atoms with van der Waals surface area (Å²) in [4.78, 5) is 32.8. The third kappa shape index (κ3) is 8.35. The minimum atomic E-state index is -1.98. The SMILES string of the molecule is O=C(O)CCCCC(=O)OCC(=O)[C@H](O)[C@@H](O)[C@H](O)CO. The van der Waals surface area contributed by atoms with Gasteiger partial charge < -0.3 is 30.3 Å². The lowest BCUT2D eigenvalue weighted by Crippen LogP contribution is -2.45. The first-order valence-electron chi connectivity index (χ1n) is 6.34. The topological polar surface area (TPSA) is 162 Å². The highest BCUT2D eigenvalue weighted by atomic mass is 16.5. The van der Waals surface area contributed by atoms with E-state index in [2.05, 4.69) is 4.74 Å². The number of carbonyl (C=O) groups excluding carboxylic acids is 2. The fourth-order valence-electron chi connectivity index (χ4n) is 1.36. The number of carbonyl (C=O) groups is 3. The van der Waals surface area contributed by atoms with Crippen LogP contribution < -0.4 is 0 Å². The third-order valence-electron chi connectivity index (χ3n) is 2.63. The van der Waals surface area contributed by atoms with Crippen LogP contribution in [0.4, 0.5) is 0 Å². The summed E-state index contributed by atoms with van der Waals surface area (Å²) >= 11 is 0. The molecule has 0 fully saturated rings. The molecule has 9 heteroatoms. The molecule has 0 spiro atoms. The van der Waals surface area contributed by atoms with E-state index in [0.29, 0.717) is 6.42 Å². The van der Waals surface area contributed by atoms with E-state index in [1.54, 1.807) is 0 Å². The average molecular weight is 308 g/mol. The summed E-state index contributed by atoms with van der Waals surface area (Å²) in [6, 6.07) is 0. The molecule has 0 saturated carbocycles. The number of carboxylic acid groups (broad SMARTS) is 1. The van der Waals surface area contributed by atoms with E-state index < -0.39 is 49.2 Å². The highest BCUT2D eigenvalue weighted by molar-refractivity contribution is 5.86. The molecule has 0 aliphatic rings. The number of ether oxygens (including phenoxy) is 1. The van der Waals surface area contributed by atoms with Crippen molar-refractivity contribution in [1.82, 2.24) is 0 Å². The van der Waals surface area contributed by atoms with Gasteiger partial charge in [0.15, 0.2) is 6.61 Å². The van der Waals surface area contributed by atoms with Crippen LogP contribution in [0, 0.1) is 0 Å². The van der Waals surface area contributed by atoms with Crippen molar-refractivity contribution in [2.75, 3.05) is 13.2 Å². The first kappa shape index (κ1) is 19.4. The van der Waals surface area contributed by atoms with E-state index >= 15 is 0 Å². The summed E-state index contributed by atoms with van der Waals surface area (Å²) in [5, 5.41) is 44.6. The van der Waals surface area contributed by atoms with Crippen LogP contribution in [0.2, 0.25) is 0 Å². The van der Waals surface area contributed by atoms with Gasteiger partial charge in [0, 0.05) is 12.8 Å². The van der Waals surface area contributed by atoms with Crippen LogP contribution in [-0.4, -0.2) is 74.8 Å². The molecule has 5 N–H and O–H groups in total. The molecular formula is C12H20O9. The van der Waals surface area contributed by atoms with Gasteiger partial charge in [-0.3, -0.25) is 14.4 Å². The van der Waals surface area contributed by atoms with Gasteiger partial charge in [-0.1, -0.05) is 0 Å². The van der Waals surface area contributed by atoms with Crippen molar-refractivity contribution in [1.29, 1.82) is 0 Å². The zero-order chi connectivity index (χ0) is 16.4. The van der Waals surface area contributed by atoms with Crippen molar-refractivity contribution in [3.63, 3.8) is 0 Å². The Balaban J connectivity index is 3.96. The lowest BCUT2D eigenvalue weighted by molar-refractivity contribution is -0.155. The second-order valence-electron chi connectivity index (χ2n) is 4.41. The number of aliphatic hydroxyl groups is 4. The normalized spacial score (nSPS) is 15.0. The second kappa shape index (κ2) is 10.2. The summed E-state index contributed by atoms with van der Waals surface area (Å²) < 4.78 is 4.54. The first-order valence-corrected chi connectivity index (χ1v) is 6.34. The Morgan fingerprint density at radius 1 is 1.00 bits per heavy atom. The van der Waals surface area contributed by atoms with Gasteiger partial charge in [-0.15, -0.1) is 0 Å². The van der Waals surface area contributed by atoms with Gasteiger partial charge in [0.2, 0.25) is 5.78 Å². The number of ketones is 1. The van der Waals surface area contributed by atoms with Crippen LogP contribution in [0.15, 0.2) is 0 Å². The van der Waals surface area contributed by atoms with E-state index in [1.165, 1.54) is 0 Å². The molecule has 0 aromatic heterocycles. The van der Waals surface area contributed by atoms with Gasteiger partial charge in [-0.05, 0) is 12.8 Å². The summed E-state index contributed by atoms with van der Waals surface area (Å²) in [5.41, 5.74) is 0. The van der Waals surface area contributed by atoms with E-state index in [4.69, 9.17) is 15.3 Å². The van der Waals surface area contributed by atoms with Crippen LogP contribution >= 0.6 is 0 Å². The summed E-state index contributed by atoms with van der Waals surface area (Å²) in [7, 11) is 0. The quantitative estimate of drug-likeness (QED) is 0.211. The van der Waals surface area contributed by atoms with E-state index in [-0.39, 0.29) is 19.3 Å². The zero-order valence-corrected chi connectivity index (χ0v) is 11.3. The number of unbranched alkanes of at least 4 members (excludes halogenated alkanes) is 1. The van der Waals surface area contributed by atoms with E-state index in [1.807, 2.05) is 0 Å². The molecule has 0 aromatic carbocycles. The molecule has 3 atom stereocenters. The molecule has 0 aromatic rings. The molecule has 0 saturated heterocycles. The molecule has 0 radical (unpaired) electrons. The number of hydrogen-bond acceptors (Lipinski definition) is 8. The standard InChI is InChI=1S/C12H20O9/c13-5-7(14)11(19)12(20)8(15)6-21-10(18)4-2-1-3-9(16)17/h7,11-14,19-20H,1-6H2,(H,16,17)/t7-,11+,12+/m1/s1. The van der Waals surface area contributed by atoms with Gasteiger partial charge in [-0.25, -0.2) is 0 Å². The minimum Gasteiger partial charge on any atom is -0.481 e. The van der Waals surface area contributed by atoms with E-state index in [0.717, 1.165) is 0 Å². The maximum Gasteiger partial charge on any atom is 0.306 e. The smallest absolute Gasteiger partial charge is 0.306 e. The Kier molecular flexibility index (Phi) is 9.46. The molecule has 0 bridgehead atoms. The largest absolute Gasteiger partial charge is 0.481 e. The number of rotatable bonds is 11. The monoisotopic (exact) mass is 308 g/mol. The van der Waals surface area contributed by atoms with E-state index in [9.17, 15) is 24.6 Å². The molecule has 122 valence electrons. The van der Waals surface area contributed by atoms with Crippen molar-refractivity contribution in [3.8, 4) is 0 Å². The summed E-state index contributed by atoms with van der Waals surface area (Å²) in [6.45, 7) is -1.62. The third-order valence-corrected chi connectivity index (χ3v) is 2.63. The lowest BCUT2D eigenvalue weighted by Gasteiger charge is -2.20. The fourth-order valence-corrected chi connectivity index (χ4v) is 1.36. The van der Waals surface area contributed by atoms with Crippen molar-refractivity contribution in [2.45, 2.75) is 44.0 Å². The molecule has 0 amide bonds. The van der Waals surface area contributed by atoms with Crippen LogP contribution in [0.1, 0.15) is 25.7 Å². The van der Waals surface area contributed by atoms with Gasteiger partial charge in [-0.2, -0.15) is 0 Å². The first-order chi connectivity index (χ1) is 9.79. The number of Topliss-reactive ketones (excluding diaryl/α,β-unsaturated/α-hetero) is 1. The maximum atomic E-state index is 11.4. The highest BCUT2D eigenvalue weighted by Crippen LogP contribution is 2.04. The van der Waals surface area contributed by atoms with Crippen molar-refractivity contribution >= 4 is 17.7 Å². The van der Waals surface area contributed by atoms with Crippen molar-refractivity contribution < 1.29 is 44.7 Å². The van der Waals surface area contributed by atoms with Gasteiger partial charge in [0.1, 0.15) is 18.3 Å². The predicted octanol–water partition coefficient (Wildman–Crippen LogP) is -2.18.